The fourth-order valence-electron chi connectivity index (χ4n) is 1.88. The highest BCUT2D eigenvalue weighted by Gasteiger charge is 2.12. The molecular weight excluding hydrogens is 280 g/mol. The average Bonchev–Trinajstić information content (AvgIpc) is 2.96. The molecule has 2 aromatic heterocycles. The van der Waals surface area contributed by atoms with Crippen LogP contribution in [-0.2, 0) is 24.9 Å². The maximum Gasteiger partial charge on any atom is 0.164 e. The first-order chi connectivity index (χ1) is 9.61. The molecule has 0 aromatic carbocycles. The number of halogens is 1. The summed E-state index contributed by atoms with van der Waals surface area (Å²) in [6.07, 6.45) is 1.70. The van der Waals surface area contributed by atoms with Crippen molar-refractivity contribution in [1.82, 2.24) is 29.9 Å². The Morgan fingerprint density at radius 2 is 2.20 bits per heavy atom. The van der Waals surface area contributed by atoms with Crippen LogP contribution < -0.4 is 5.32 Å². The maximum absolute atomic E-state index is 6.20. The molecule has 20 heavy (non-hydrogen) atoms. The summed E-state index contributed by atoms with van der Waals surface area (Å²) in [4.78, 5) is 4.25. The lowest BCUT2D eigenvalue weighted by atomic mass is 10.3. The van der Waals surface area contributed by atoms with Crippen molar-refractivity contribution in [3.63, 3.8) is 0 Å². The summed E-state index contributed by atoms with van der Waals surface area (Å²) >= 11 is 6.20. The standard InChI is InChI=1S/C12H19ClN6O/c1-9-10(12(13)18(2)16-9)7-19-8-15-11(17-19)6-14-4-5-20-3/h8,14H,4-7H2,1-3H3. The molecule has 0 saturated carbocycles. The van der Waals surface area contributed by atoms with Gasteiger partial charge in [0.15, 0.2) is 5.82 Å². The lowest BCUT2D eigenvalue weighted by Crippen LogP contribution is -2.19. The van der Waals surface area contributed by atoms with Gasteiger partial charge in [-0.1, -0.05) is 11.6 Å². The van der Waals surface area contributed by atoms with Crippen LogP contribution in [0.2, 0.25) is 5.15 Å². The Morgan fingerprint density at radius 1 is 1.40 bits per heavy atom. The summed E-state index contributed by atoms with van der Waals surface area (Å²) in [5, 5.41) is 12.5. The van der Waals surface area contributed by atoms with Gasteiger partial charge in [-0.15, -0.1) is 0 Å². The Hall–Kier alpha value is -1.44. The molecule has 1 N–H and O–H groups in total. The number of rotatable bonds is 7. The second kappa shape index (κ2) is 6.83. The molecule has 7 nitrogen and oxygen atoms in total. The molecule has 0 radical (unpaired) electrons. The van der Waals surface area contributed by atoms with Crippen molar-refractivity contribution in [2.45, 2.75) is 20.0 Å². The van der Waals surface area contributed by atoms with Crippen molar-refractivity contribution >= 4 is 11.6 Å². The number of aromatic nitrogens is 5. The van der Waals surface area contributed by atoms with Gasteiger partial charge in [0.05, 0.1) is 25.4 Å². The zero-order chi connectivity index (χ0) is 14.5. The van der Waals surface area contributed by atoms with E-state index < -0.39 is 0 Å². The van der Waals surface area contributed by atoms with Gasteiger partial charge in [-0.25, -0.2) is 9.67 Å². The summed E-state index contributed by atoms with van der Waals surface area (Å²) in [5.74, 6) is 0.749. The molecule has 0 atom stereocenters. The summed E-state index contributed by atoms with van der Waals surface area (Å²) < 4.78 is 8.39. The molecule has 0 bridgehead atoms. The number of hydrogen-bond donors (Lipinski definition) is 1. The first-order valence-corrected chi connectivity index (χ1v) is 6.75. The monoisotopic (exact) mass is 298 g/mol. The lowest BCUT2D eigenvalue weighted by Gasteiger charge is -2.01. The molecule has 0 fully saturated rings. The van der Waals surface area contributed by atoms with Crippen molar-refractivity contribution in [2.24, 2.45) is 7.05 Å². The van der Waals surface area contributed by atoms with Crippen LogP contribution in [0.25, 0.3) is 0 Å². The van der Waals surface area contributed by atoms with Crippen LogP contribution in [0.1, 0.15) is 17.1 Å². The van der Waals surface area contributed by atoms with E-state index in [9.17, 15) is 0 Å². The van der Waals surface area contributed by atoms with Crippen molar-refractivity contribution in [1.29, 1.82) is 0 Å². The largest absolute Gasteiger partial charge is 0.383 e. The first-order valence-electron chi connectivity index (χ1n) is 6.37. The molecular formula is C12H19ClN6O. The van der Waals surface area contributed by atoms with Gasteiger partial charge >= 0.3 is 0 Å². The van der Waals surface area contributed by atoms with Gasteiger partial charge in [-0.3, -0.25) is 4.68 Å². The number of nitrogens with one attached hydrogen (secondary N) is 1. The van der Waals surface area contributed by atoms with Gasteiger partial charge in [0, 0.05) is 26.3 Å². The minimum Gasteiger partial charge on any atom is -0.383 e. The van der Waals surface area contributed by atoms with Crippen LogP contribution in [0, 0.1) is 6.92 Å². The Kier molecular flexibility index (Phi) is 5.11. The third kappa shape index (κ3) is 3.56. The second-order valence-electron chi connectivity index (χ2n) is 4.51. The predicted octanol–water partition coefficient (Wildman–Crippen LogP) is 0.758. The Morgan fingerprint density at radius 3 is 2.85 bits per heavy atom. The molecule has 0 aliphatic heterocycles. The maximum atomic E-state index is 6.20. The molecule has 2 heterocycles. The lowest BCUT2D eigenvalue weighted by molar-refractivity contribution is 0.199. The average molecular weight is 299 g/mol. The van der Waals surface area contributed by atoms with Crippen LogP contribution in [-0.4, -0.2) is 44.8 Å². The van der Waals surface area contributed by atoms with Crippen molar-refractivity contribution in [3.05, 3.63) is 28.6 Å². The van der Waals surface area contributed by atoms with E-state index in [1.54, 1.807) is 22.8 Å². The molecule has 0 aliphatic rings. The van der Waals surface area contributed by atoms with E-state index in [0.717, 1.165) is 23.6 Å². The quantitative estimate of drug-likeness (QED) is 0.764. The number of hydrogen-bond acceptors (Lipinski definition) is 5. The molecule has 8 heteroatoms. The second-order valence-corrected chi connectivity index (χ2v) is 4.86. The minimum atomic E-state index is 0.573. The number of methoxy groups -OCH3 is 1. The fourth-order valence-corrected chi connectivity index (χ4v) is 2.11. The summed E-state index contributed by atoms with van der Waals surface area (Å²) in [7, 11) is 3.50. The molecule has 2 rings (SSSR count). The van der Waals surface area contributed by atoms with E-state index in [1.807, 2.05) is 14.0 Å². The van der Waals surface area contributed by atoms with E-state index in [2.05, 4.69) is 20.5 Å². The number of ether oxygens (including phenoxy) is 1. The van der Waals surface area contributed by atoms with E-state index >= 15 is 0 Å². The molecule has 2 aromatic rings. The van der Waals surface area contributed by atoms with Gasteiger partial charge in [-0.05, 0) is 6.92 Å². The van der Waals surface area contributed by atoms with Crippen LogP contribution in [0.5, 0.6) is 0 Å². The van der Waals surface area contributed by atoms with Crippen LogP contribution in [0.4, 0.5) is 0 Å². The molecule has 0 amide bonds. The van der Waals surface area contributed by atoms with Gasteiger partial charge in [-0.2, -0.15) is 10.2 Å². The normalized spacial score (nSPS) is 11.2. The molecule has 110 valence electrons. The van der Waals surface area contributed by atoms with E-state index in [-0.39, 0.29) is 0 Å². The first kappa shape index (κ1) is 15.0. The smallest absolute Gasteiger partial charge is 0.164 e. The van der Waals surface area contributed by atoms with Gasteiger partial charge < -0.3 is 10.1 Å². The van der Waals surface area contributed by atoms with Crippen molar-refractivity contribution < 1.29 is 4.74 Å². The zero-order valence-electron chi connectivity index (χ0n) is 11.9. The predicted molar refractivity (Wildman–Crippen MR) is 75.7 cm³/mol. The van der Waals surface area contributed by atoms with Gasteiger partial charge in [0.25, 0.3) is 0 Å². The minimum absolute atomic E-state index is 0.573. The third-order valence-corrected chi connectivity index (χ3v) is 3.41. The highest BCUT2D eigenvalue weighted by Crippen LogP contribution is 2.19. The van der Waals surface area contributed by atoms with E-state index in [4.69, 9.17) is 16.3 Å². The molecule has 0 saturated heterocycles. The van der Waals surface area contributed by atoms with Crippen molar-refractivity contribution in [3.8, 4) is 0 Å². The molecule has 0 aliphatic carbocycles. The Labute approximate surface area is 122 Å². The summed E-state index contributed by atoms with van der Waals surface area (Å²) in [5.41, 5.74) is 1.88. The van der Waals surface area contributed by atoms with Crippen LogP contribution in [0.3, 0.4) is 0 Å². The zero-order valence-corrected chi connectivity index (χ0v) is 12.7. The van der Waals surface area contributed by atoms with Gasteiger partial charge in [0.1, 0.15) is 11.5 Å². The van der Waals surface area contributed by atoms with Crippen LogP contribution >= 0.6 is 11.6 Å². The molecule has 0 spiro atoms. The van der Waals surface area contributed by atoms with E-state index in [1.165, 1.54) is 0 Å². The van der Waals surface area contributed by atoms with E-state index in [0.29, 0.717) is 24.8 Å². The fraction of sp³-hybridized carbons (Fsp3) is 0.583. The highest BCUT2D eigenvalue weighted by atomic mass is 35.5. The Bertz CT molecular complexity index is 564. The SMILES string of the molecule is COCCNCc1ncn(Cc2c(C)nn(C)c2Cl)n1. The van der Waals surface area contributed by atoms with Crippen LogP contribution in [0.15, 0.2) is 6.33 Å². The topological polar surface area (TPSA) is 69.8 Å². The Balaban J connectivity index is 1.95. The summed E-state index contributed by atoms with van der Waals surface area (Å²) in [6.45, 7) is 4.58. The third-order valence-electron chi connectivity index (χ3n) is 2.94. The number of nitrogens with zero attached hydrogens (tertiary/aromatic N) is 5. The summed E-state index contributed by atoms with van der Waals surface area (Å²) in [6, 6.07) is 0. The van der Waals surface area contributed by atoms with Gasteiger partial charge in [0.2, 0.25) is 0 Å². The molecule has 0 unspecified atom stereocenters. The highest BCUT2D eigenvalue weighted by molar-refractivity contribution is 6.30. The van der Waals surface area contributed by atoms with Crippen molar-refractivity contribution in [2.75, 3.05) is 20.3 Å². The number of aryl methyl sites for hydroxylation is 2.